The Morgan fingerprint density at radius 1 is 0.656 bits per heavy atom. The first-order valence-electron chi connectivity index (χ1n) is 13.9. The fraction of sp³-hybridized carbons (Fsp3) is 0.963. The molecule has 5 heteroatoms. The van der Waals surface area contributed by atoms with E-state index in [1.807, 2.05) is 4.90 Å². The second-order valence-corrected chi connectivity index (χ2v) is 10.1. The van der Waals surface area contributed by atoms with Gasteiger partial charge in [0.2, 0.25) is 5.91 Å². The van der Waals surface area contributed by atoms with E-state index >= 15 is 0 Å². The summed E-state index contributed by atoms with van der Waals surface area (Å²) < 4.78 is 0. The maximum Gasteiger partial charge on any atom is 0.223 e. The second-order valence-electron chi connectivity index (χ2n) is 10.1. The first-order valence-corrected chi connectivity index (χ1v) is 13.9. The molecule has 0 aliphatic carbocycles. The van der Waals surface area contributed by atoms with E-state index in [4.69, 9.17) is 5.11 Å². The van der Waals surface area contributed by atoms with Crippen LogP contribution in [0.1, 0.15) is 109 Å². The number of hydrogen-bond donors (Lipinski definition) is 1. The summed E-state index contributed by atoms with van der Waals surface area (Å²) in [5.41, 5.74) is 0. The molecule has 1 N–H and O–H groups in total. The van der Waals surface area contributed by atoms with E-state index in [1.54, 1.807) is 0 Å². The topological polar surface area (TPSA) is 47.0 Å². The molecular weight excluding hydrogens is 398 g/mol. The molecule has 0 saturated carbocycles. The standard InChI is InChI=1S/C27H55N3O2/c1-28(21-19-27(32)30-24-22-29(2)23-25-30)20-17-15-13-11-9-7-5-3-4-6-8-10-12-14-16-18-26-31/h31H,3-26H2,1-2H3. The minimum atomic E-state index is 0.333. The lowest BCUT2D eigenvalue weighted by molar-refractivity contribution is -0.133. The molecule has 32 heavy (non-hydrogen) atoms. The molecule has 0 atom stereocenters. The number of carbonyl (C=O) groups excluding carboxylic acids is 1. The van der Waals surface area contributed by atoms with Gasteiger partial charge in [0.05, 0.1) is 0 Å². The van der Waals surface area contributed by atoms with Crippen molar-refractivity contribution < 1.29 is 9.90 Å². The number of nitrogens with zero attached hydrogens (tertiary/aromatic N) is 3. The molecular formula is C27H55N3O2. The van der Waals surface area contributed by atoms with Crippen molar-refractivity contribution in [2.45, 2.75) is 109 Å². The molecule has 1 rings (SSSR count). The monoisotopic (exact) mass is 453 g/mol. The smallest absolute Gasteiger partial charge is 0.223 e. The van der Waals surface area contributed by atoms with Gasteiger partial charge in [-0.15, -0.1) is 0 Å². The molecule has 0 aromatic heterocycles. The highest BCUT2D eigenvalue weighted by Crippen LogP contribution is 2.14. The van der Waals surface area contributed by atoms with Crippen LogP contribution in [0.5, 0.6) is 0 Å². The minimum Gasteiger partial charge on any atom is -0.396 e. The number of unbranched alkanes of at least 4 members (excludes halogenated alkanes) is 15. The van der Waals surface area contributed by atoms with Crippen molar-refractivity contribution in [3.05, 3.63) is 0 Å². The van der Waals surface area contributed by atoms with Crippen molar-refractivity contribution in [1.82, 2.24) is 14.7 Å². The number of piperazine rings is 1. The van der Waals surface area contributed by atoms with Gasteiger partial charge in [-0.3, -0.25) is 4.79 Å². The molecule has 1 saturated heterocycles. The van der Waals surface area contributed by atoms with Crippen LogP contribution in [0.4, 0.5) is 0 Å². The Morgan fingerprint density at radius 3 is 1.50 bits per heavy atom. The fourth-order valence-corrected chi connectivity index (χ4v) is 4.58. The van der Waals surface area contributed by atoms with Crippen LogP contribution in [0.3, 0.4) is 0 Å². The van der Waals surface area contributed by atoms with Gasteiger partial charge in [-0.05, 0) is 33.5 Å². The maximum atomic E-state index is 12.3. The van der Waals surface area contributed by atoms with E-state index in [9.17, 15) is 4.79 Å². The third-order valence-corrected chi connectivity index (χ3v) is 7.01. The van der Waals surface area contributed by atoms with Crippen LogP contribution >= 0.6 is 0 Å². The average molecular weight is 454 g/mol. The normalized spacial score (nSPS) is 15.1. The zero-order chi connectivity index (χ0) is 23.3. The van der Waals surface area contributed by atoms with Crippen molar-refractivity contribution in [2.75, 3.05) is 60.0 Å². The SMILES string of the molecule is CN(CCCCCCCCCCCCCCCCCCO)CCC(=O)N1CCN(C)CC1. The molecule has 0 aromatic rings. The van der Waals surface area contributed by atoms with Crippen LogP contribution in [-0.4, -0.2) is 85.7 Å². The summed E-state index contributed by atoms with van der Waals surface area (Å²) in [7, 11) is 4.29. The third kappa shape index (κ3) is 16.9. The lowest BCUT2D eigenvalue weighted by Gasteiger charge is -2.32. The predicted molar refractivity (Wildman–Crippen MR) is 137 cm³/mol. The van der Waals surface area contributed by atoms with Gasteiger partial charge < -0.3 is 19.8 Å². The van der Waals surface area contributed by atoms with Crippen LogP contribution in [0.15, 0.2) is 0 Å². The van der Waals surface area contributed by atoms with E-state index in [1.165, 1.54) is 96.3 Å². The molecule has 1 aliphatic heterocycles. The van der Waals surface area contributed by atoms with Crippen LogP contribution in [-0.2, 0) is 4.79 Å². The van der Waals surface area contributed by atoms with Crippen LogP contribution < -0.4 is 0 Å². The number of aliphatic hydroxyl groups is 1. The Kier molecular flexibility index (Phi) is 19.2. The molecule has 1 fully saturated rings. The van der Waals surface area contributed by atoms with E-state index in [2.05, 4.69) is 23.9 Å². The molecule has 0 spiro atoms. The Bertz CT molecular complexity index is 425. The molecule has 190 valence electrons. The van der Waals surface area contributed by atoms with Crippen molar-refractivity contribution >= 4 is 5.91 Å². The Morgan fingerprint density at radius 2 is 1.06 bits per heavy atom. The van der Waals surface area contributed by atoms with E-state index in [-0.39, 0.29) is 0 Å². The molecule has 0 radical (unpaired) electrons. The number of rotatable bonds is 21. The summed E-state index contributed by atoms with van der Waals surface area (Å²) in [6, 6.07) is 0. The molecule has 1 heterocycles. The Balaban J connectivity index is 1.78. The van der Waals surface area contributed by atoms with Gasteiger partial charge in [-0.25, -0.2) is 0 Å². The maximum absolute atomic E-state index is 12.3. The fourth-order valence-electron chi connectivity index (χ4n) is 4.58. The zero-order valence-corrected chi connectivity index (χ0v) is 21.7. The van der Waals surface area contributed by atoms with Gasteiger partial charge in [0.25, 0.3) is 0 Å². The van der Waals surface area contributed by atoms with Crippen LogP contribution in [0.25, 0.3) is 0 Å². The molecule has 0 aromatic carbocycles. The van der Waals surface area contributed by atoms with Crippen molar-refractivity contribution in [3.63, 3.8) is 0 Å². The lowest BCUT2D eigenvalue weighted by atomic mass is 10.0. The summed E-state index contributed by atoms with van der Waals surface area (Å²) in [6.07, 6.45) is 22.1. The summed E-state index contributed by atoms with van der Waals surface area (Å²) >= 11 is 0. The summed E-state index contributed by atoms with van der Waals surface area (Å²) in [5, 5.41) is 8.76. The van der Waals surface area contributed by atoms with Crippen molar-refractivity contribution in [3.8, 4) is 0 Å². The lowest BCUT2D eigenvalue weighted by Crippen LogP contribution is -2.47. The van der Waals surface area contributed by atoms with Gasteiger partial charge >= 0.3 is 0 Å². The van der Waals surface area contributed by atoms with Crippen LogP contribution in [0.2, 0.25) is 0 Å². The van der Waals surface area contributed by atoms with Gasteiger partial charge in [-0.1, -0.05) is 89.9 Å². The summed E-state index contributed by atoms with van der Waals surface area (Å²) in [5.74, 6) is 0.333. The summed E-state index contributed by atoms with van der Waals surface area (Å²) in [4.78, 5) is 19.0. The Hall–Kier alpha value is -0.650. The quantitative estimate of drug-likeness (QED) is 0.239. The summed E-state index contributed by atoms with van der Waals surface area (Å²) in [6.45, 7) is 6.19. The van der Waals surface area contributed by atoms with Gasteiger partial charge in [0.1, 0.15) is 0 Å². The van der Waals surface area contributed by atoms with Gasteiger partial charge in [0.15, 0.2) is 0 Å². The third-order valence-electron chi connectivity index (χ3n) is 7.01. The van der Waals surface area contributed by atoms with E-state index in [0.29, 0.717) is 18.9 Å². The molecule has 0 bridgehead atoms. The van der Waals surface area contributed by atoms with Gasteiger partial charge in [0, 0.05) is 45.8 Å². The molecule has 1 aliphatic rings. The number of amides is 1. The highest BCUT2D eigenvalue weighted by Gasteiger charge is 2.18. The number of likely N-dealkylation sites (N-methyl/N-ethyl adjacent to an activating group) is 1. The van der Waals surface area contributed by atoms with E-state index < -0.39 is 0 Å². The highest BCUT2D eigenvalue weighted by atomic mass is 16.2. The molecule has 1 amide bonds. The van der Waals surface area contributed by atoms with E-state index in [0.717, 1.165) is 45.7 Å². The number of carbonyl (C=O) groups is 1. The predicted octanol–water partition coefficient (Wildman–Crippen LogP) is 5.32. The second kappa shape index (κ2) is 20.9. The Labute approximate surface area is 199 Å². The van der Waals surface area contributed by atoms with Gasteiger partial charge in [-0.2, -0.15) is 0 Å². The highest BCUT2D eigenvalue weighted by molar-refractivity contribution is 5.76. The van der Waals surface area contributed by atoms with Crippen LogP contribution in [0, 0.1) is 0 Å². The first kappa shape index (κ1) is 29.4. The average Bonchev–Trinajstić information content (AvgIpc) is 2.80. The zero-order valence-electron chi connectivity index (χ0n) is 21.7. The first-order chi connectivity index (χ1) is 15.6. The molecule has 0 unspecified atom stereocenters. The molecule has 5 nitrogen and oxygen atoms in total. The largest absolute Gasteiger partial charge is 0.396 e. The van der Waals surface area contributed by atoms with Crippen molar-refractivity contribution in [2.24, 2.45) is 0 Å². The number of hydrogen-bond acceptors (Lipinski definition) is 4. The van der Waals surface area contributed by atoms with Crippen molar-refractivity contribution in [1.29, 1.82) is 0 Å². The minimum absolute atomic E-state index is 0.333. The number of aliphatic hydroxyl groups excluding tert-OH is 1.